The van der Waals surface area contributed by atoms with Crippen molar-refractivity contribution in [2.75, 3.05) is 5.32 Å². The Kier molecular flexibility index (Phi) is 5.88. The molecule has 2 amide bonds. The molecule has 7 nitrogen and oxygen atoms in total. The maximum atomic E-state index is 12.9. The normalized spacial score (nSPS) is 11.8. The van der Waals surface area contributed by atoms with Gasteiger partial charge in [-0.05, 0) is 42.1 Å². The molecule has 5 rings (SSSR count). The number of urea groups is 1. The van der Waals surface area contributed by atoms with Crippen molar-refractivity contribution in [1.82, 2.24) is 19.9 Å². The number of aromatic nitrogens is 3. The van der Waals surface area contributed by atoms with Gasteiger partial charge in [0.1, 0.15) is 0 Å². The zero-order chi connectivity index (χ0) is 23.5. The Hall–Kier alpha value is -4.30. The van der Waals surface area contributed by atoms with Crippen molar-refractivity contribution < 1.29 is 9.59 Å². The molecular formula is C26H21N5O2S. The molecule has 0 saturated heterocycles. The van der Waals surface area contributed by atoms with Crippen LogP contribution in [-0.4, -0.2) is 26.4 Å². The van der Waals surface area contributed by atoms with E-state index < -0.39 is 0 Å². The smallest absolute Gasteiger partial charge is 0.319 e. The quantitative estimate of drug-likeness (QED) is 0.320. The first kappa shape index (κ1) is 21.5. The highest BCUT2D eigenvalue weighted by atomic mass is 32.1. The van der Waals surface area contributed by atoms with E-state index in [-0.39, 0.29) is 17.9 Å². The summed E-state index contributed by atoms with van der Waals surface area (Å²) in [6.07, 6.45) is 3.21. The first-order valence-corrected chi connectivity index (χ1v) is 11.6. The molecule has 3 aromatic heterocycles. The molecule has 0 aliphatic rings. The van der Waals surface area contributed by atoms with Crippen molar-refractivity contribution in [1.29, 1.82) is 0 Å². The molecular weight excluding hydrogens is 446 g/mol. The SMILES string of the molecule is C[C@H](NC(=O)Nc1cccc(-c2ccnc3c(C(=O)c4cccs4)cnn23)c1)c1ccccc1. The van der Waals surface area contributed by atoms with E-state index in [0.717, 1.165) is 16.8 Å². The minimum absolute atomic E-state index is 0.103. The maximum Gasteiger partial charge on any atom is 0.319 e. The van der Waals surface area contributed by atoms with Crippen LogP contribution in [0.3, 0.4) is 0 Å². The largest absolute Gasteiger partial charge is 0.331 e. The van der Waals surface area contributed by atoms with Crippen molar-refractivity contribution in [2.45, 2.75) is 13.0 Å². The molecule has 0 fully saturated rings. The maximum absolute atomic E-state index is 12.9. The number of ketones is 1. The number of thiophene rings is 1. The summed E-state index contributed by atoms with van der Waals surface area (Å²) in [5.74, 6) is -0.103. The molecule has 0 saturated carbocycles. The van der Waals surface area contributed by atoms with Gasteiger partial charge in [0.2, 0.25) is 5.78 Å². The number of benzene rings is 2. The van der Waals surface area contributed by atoms with E-state index in [1.54, 1.807) is 23.0 Å². The summed E-state index contributed by atoms with van der Waals surface area (Å²) in [4.78, 5) is 30.5. The van der Waals surface area contributed by atoms with Gasteiger partial charge in [0.25, 0.3) is 0 Å². The monoisotopic (exact) mass is 467 g/mol. The Morgan fingerprint density at radius 3 is 2.65 bits per heavy atom. The molecule has 2 aromatic carbocycles. The average molecular weight is 468 g/mol. The highest BCUT2D eigenvalue weighted by Crippen LogP contribution is 2.25. The van der Waals surface area contributed by atoms with Crippen LogP contribution >= 0.6 is 11.3 Å². The summed E-state index contributed by atoms with van der Waals surface area (Å²) in [6, 6.07) is 22.3. The molecule has 8 heteroatoms. The Bertz CT molecular complexity index is 1460. The molecule has 34 heavy (non-hydrogen) atoms. The van der Waals surface area contributed by atoms with E-state index in [9.17, 15) is 9.59 Å². The fourth-order valence-electron chi connectivity index (χ4n) is 3.76. The summed E-state index contributed by atoms with van der Waals surface area (Å²) in [6.45, 7) is 1.94. The van der Waals surface area contributed by atoms with E-state index in [1.165, 1.54) is 11.3 Å². The Balaban J connectivity index is 1.38. The number of hydrogen-bond donors (Lipinski definition) is 2. The van der Waals surface area contributed by atoms with E-state index in [2.05, 4.69) is 20.7 Å². The molecule has 0 aliphatic carbocycles. The molecule has 1 atom stereocenters. The third kappa shape index (κ3) is 4.31. The van der Waals surface area contributed by atoms with Crippen LogP contribution in [0.25, 0.3) is 16.9 Å². The minimum atomic E-state index is -0.295. The number of nitrogens with zero attached hydrogens (tertiary/aromatic N) is 3. The lowest BCUT2D eigenvalue weighted by Gasteiger charge is -2.15. The van der Waals surface area contributed by atoms with Gasteiger partial charge in [0.05, 0.1) is 28.4 Å². The molecule has 2 N–H and O–H groups in total. The van der Waals surface area contributed by atoms with Crippen molar-refractivity contribution in [2.24, 2.45) is 0 Å². The first-order chi connectivity index (χ1) is 16.6. The number of carbonyl (C=O) groups excluding carboxylic acids is 2. The standard InChI is InChI=1S/C26H21N5O2S/c1-17(18-7-3-2-4-8-18)29-26(33)30-20-10-5-9-19(15-20)22-12-13-27-25-21(16-28-31(22)25)24(32)23-11-6-14-34-23/h2-17H,1H3,(H2,29,30,33)/t17-/m0/s1. The average Bonchev–Trinajstić information content (AvgIpc) is 3.55. The van der Waals surface area contributed by atoms with Crippen molar-refractivity contribution in [3.05, 3.63) is 107 Å². The zero-order valence-corrected chi connectivity index (χ0v) is 19.1. The fraction of sp³-hybridized carbons (Fsp3) is 0.0769. The van der Waals surface area contributed by atoms with Crippen molar-refractivity contribution in [3.8, 4) is 11.3 Å². The summed E-state index contributed by atoms with van der Waals surface area (Å²) in [5.41, 5.74) is 4.20. The van der Waals surface area contributed by atoms with Gasteiger partial charge in [-0.2, -0.15) is 5.10 Å². The van der Waals surface area contributed by atoms with E-state index in [1.807, 2.05) is 79.0 Å². The lowest BCUT2D eigenvalue weighted by Crippen LogP contribution is -2.31. The molecule has 168 valence electrons. The van der Waals surface area contributed by atoms with Crippen LogP contribution in [-0.2, 0) is 0 Å². The molecule has 0 radical (unpaired) electrons. The topological polar surface area (TPSA) is 88.4 Å². The predicted octanol–water partition coefficient (Wildman–Crippen LogP) is 5.57. The molecule has 5 aromatic rings. The second-order valence-corrected chi connectivity index (χ2v) is 8.69. The lowest BCUT2D eigenvalue weighted by molar-refractivity contribution is 0.104. The zero-order valence-electron chi connectivity index (χ0n) is 18.3. The van der Waals surface area contributed by atoms with Gasteiger partial charge in [0, 0.05) is 17.4 Å². The second kappa shape index (κ2) is 9.29. The van der Waals surface area contributed by atoms with E-state index in [4.69, 9.17) is 0 Å². The van der Waals surface area contributed by atoms with E-state index in [0.29, 0.717) is 21.8 Å². The Morgan fingerprint density at radius 2 is 1.85 bits per heavy atom. The third-order valence-corrected chi connectivity index (χ3v) is 6.32. The summed E-state index contributed by atoms with van der Waals surface area (Å²) in [7, 11) is 0. The summed E-state index contributed by atoms with van der Waals surface area (Å²) < 4.78 is 1.65. The molecule has 0 bridgehead atoms. The summed E-state index contributed by atoms with van der Waals surface area (Å²) in [5, 5.41) is 12.1. The van der Waals surface area contributed by atoms with Crippen LogP contribution in [0.5, 0.6) is 0 Å². The lowest BCUT2D eigenvalue weighted by atomic mass is 10.1. The third-order valence-electron chi connectivity index (χ3n) is 5.45. The van der Waals surface area contributed by atoms with Gasteiger partial charge in [-0.1, -0.05) is 48.5 Å². The number of hydrogen-bond acceptors (Lipinski definition) is 5. The predicted molar refractivity (Wildman–Crippen MR) is 133 cm³/mol. The highest BCUT2D eigenvalue weighted by Gasteiger charge is 2.18. The van der Waals surface area contributed by atoms with Crippen LogP contribution in [0.4, 0.5) is 10.5 Å². The van der Waals surface area contributed by atoms with Crippen LogP contribution in [0, 0.1) is 0 Å². The number of rotatable bonds is 6. The fourth-order valence-corrected chi connectivity index (χ4v) is 4.43. The number of nitrogens with one attached hydrogen (secondary N) is 2. The van der Waals surface area contributed by atoms with Crippen LogP contribution in [0.2, 0.25) is 0 Å². The van der Waals surface area contributed by atoms with Crippen LogP contribution < -0.4 is 10.6 Å². The van der Waals surface area contributed by atoms with Crippen LogP contribution in [0.15, 0.2) is 90.6 Å². The number of fused-ring (bicyclic) bond motifs is 1. The van der Waals surface area contributed by atoms with Gasteiger partial charge < -0.3 is 10.6 Å². The Labute approximate surface area is 200 Å². The van der Waals surface area contributed by atoms with Crippen molar-refractivity contribution in [3.63, 3.8) is 0 Å². The minimum Gasteiger partial charge on any atom is -0.331 e. The van der Waals surface area contributed by atoms with Gasteiger partial charge in [-0.3, -0.25) is 4.79 Å². The van der Waals surface area contributed by atoms with Gasteiger partial charge >= 0.3 is 6.03 Å². The number of carbonyl (C=O) groups is 2. The van der Waals surface area contributed by atoms with Gasteiger partial charge in [-0.15, -0.1) is 11.3 Å². The van der Waals surface area contributed by atoms with Crippen LogP contribution in [0.1, 0.15) is 33.8 Å². The number of anilines is 1. The van der Waals surface area contributed by atoms with Gasteiger partial charge in [0.15, 0.2) is 5.65 Å². The molecule has 3 heterocycles. The van der Waals surface area contributed by atoms with Gasteiger partial charge in [-0.25, -0.2) is 14.3 Å². The molecule has 0 unspecified atom stereocenters. The second-order valence-electron chi connectivity index (χ2n) is 7.74. The molecule has 0 aliphatic heterocycles. The number of amides is 2. The first-order valence-electron chi connectivity index (χ1n) is 10.7. The molecule has 0 spiro atoms. The highest BCUT2D eigenvalue weighted by molar-refractivity contribution is 7.12. The van der Waals surface area contributed by atoms with E-state index >= 15 is 0 Å². The Morgan fingerprint density at radius 1 is 1.00 bits per heavy atom. The summed E-state index contributed by atoms with van der Waals surface area (Å²) >= 11 is 1.39. The van der Waals surface area contributed by atoms with Crippen molar-refractivity contribution >= 4 is 34.5 Å².